The number of carbonyl (C=O) groups is 2. The van der Waals surface area contributed by atoms with E-state index in [1.165, 1.54) is 0 Å². The van der Waals surface area contributed by atoms with Crippen LogP contribution in [0.15, 0.2) is 42.5 Å². The molecule has 0 spiro atoms. The molecule has 0 saturated carbocycles. The van der Waals surface area contributed by atoms with Gasteiger partial charge in [-0.2, -0.15) is 0 Å². The fraction of sp³-hybridized carbons (Fsp3) is 0.364. The SMILES string of the molecule is CC[C@H](Oc1cc(C)cc(C)c1)C(=O)Nc1ccccc1C(=O)NC(C)C. The van der Waals surface area contributed by atoms with Crippen LogP contribution < -0.4 is 15.4 Å². The van der Waals surface area contributed by atoms with Crippen LogP contribution in [0.5, 0.6) is 5.75 Å². The molecule has 27 heavy (non-hydrogen) atoms. The van der Waals surface area contributed by atoms with Gasteiger partial charge in [0.2, 0.25) is 0 Å². The van der Waals surface area contributed by atoms with E-state index in [9.17, 15) is 9.59 Å². The first-order valence-electron chi connectivity index (χ1n) is 9.25. The van der Waals surface area contributed by atoms with Gasteiger partial charge in [0.05, 0.1) is 11.3 Å². The highest BCUT2D eigenvalue weighted by molar-refractivity contribution is 6.04. The average Bonchev–Trinajstić information content (AvgIpc) is 2.58. The highest BCUT2D eigenvalue weighted by Gasteiger charge is 2.21. The lowest BCUT2D eigenvalue weighted by Gasteiger charge is -2.19. The van der Waals surface area contributed by atoms with Gasteiger partial charge in [-0.05, 0) is 69.5 Å². The number of hydrogen-bond donors (Lipinski definition) is 2. The second-order valence-corrected chi connectivity index (χ2v) is 7.00. The third-order valence-corrected chi connectivity index (χ3v) is 3.99. The highest BCUT2D eigenvalue weighted by Crippen LogP contribution is 2.20. The lowest BCUT2D eigenvalue weighted by molar-refractivity contribution is -0.122. The highest BCUT2D eigenvalue weighted by atomic mass is 16.5. The van der Waals surface area contributed by atoms with Gasteiger partial charge in [-0.3, -0.25) is 9.59 Å². The van der Waals surface area contributed by atoms with Gasteiger partial charge in [0, 0.05) is 6.04 Å². The van der Waals surface area contributed by atoms with Crippen molar-refractivity contribution in [3.05, 3.63) is 59.2 Å². The van der Waals surface area contributed by atoms with E-state index in [0.29, 0.717) is 23.4 Å². The van der Waals surface area contributed by atoms with Crippen LogP contribution >= 0.6 is 0 Å². The fourth-order valence-electron chi connectivity index (χ4n) is 2.83. The zero-order valence-electron chi connectivity index (χ0n) is 16.6. The maximum atomic E-state index is 12.7. The Hall–Kier alpha value is -2.82. The molecular weight excluding hydrogens is 340 g/mol. The lowest BCUT2D eigenvalue weighted by atomic mass is 10.1. The molecule has 0 aliphatic rings. The number of carbonyl (C=O) groups excluding carboxylic acids is 2. The quantitative estimate of drug-likeness (QED) is 0.768. The lowest BCUT2D eigenvalue weighted by Crippen LogP contribution is -2.34. The van der Waals surface area contributed by atoms with Crippen LogP contribution in [-0.2, 0) is 4.79 Å². The van der Waals surface area contributed by atoms with Crippen molar-refractivity contribution < 1.29 is 14.3 Å². The Kier molecular flexibility index (Phi) is 6.99. The van der Waals surface area contributed by atoms with Gasteiger partial charge >= 0.3 is 0 Å². The second kappa shape index (κ2) is 9.21. The predicted molar refractivity (Wildman–Crippen MR) is 108 cm³/mol. The molecule has 2 amide bonds. The molecule has 0 bridgehead atoms. The Labute approximate surface area is 161 Å². The maximum absolute atomic E-state index is 12.7. The average molecular weight is 368 g/mol. The van der Waals surface area contributed by atoms with E-state index < -0.39 is 6.10 Å². The first kappa shape index (κ1) is 20.5. The van der Waals surface area contributed by atoms with Crippen LogP contribution in [0.25, 0.3) is 0 Å². The van der Waals surface area contributed by atoms with Gasteiger partial charge in [0.1, 0.15) is 5.75 Å². The normalized spacial score (nSPS) is 11.8. The molecule has 5 nitrogen and oxygen atoms in total. The topological polar surface area (TPSA) is 67.4 Å². The second-order valence-electron chi connectivity index (χ2n) is 7.00. The fourth-order valence-corrected chi connectivity index (χ4v) is 2.83. The van der Waals surface area contributed by atoms with E-state index in [0.717, 1.165) is 11.1 Å². The van der Waals surface area contributed by atoms with Crippen molar-refractivity contribution in [3.63, 3.8) is 0 Å². The number of para-hydroxylation sites is 1. The van der Waals surface area contributed by atoms with Crippen molar-refractivity contribution in [2.75, 3.05) is 5.32 Å². The summed E-state index contributed by atoms with van der Waals surface area (Å²) in [6.07, 6.45) is -0.133. The van der Waals surface area contributed by atoms with Crippen molar-refractivity contribution in [1.82, 2.24) is 5.32 Å². The number of rotatable bonds is 7. The molecular formula is C22H28N2O3. The Balaban J connectivity index is 2.16. The Morgan fingerprint density at radius 2 is 1.67 bits per heavy atom. The Bertz CT molecular complexity index is 795. The molecule has 2 N–H and O–H groups in total. The minimum absolute atomic E-state index is 0.0116. The molecule has 0 saturated heterocycles. The smallest absolute Gasteiger partial charge is 0.265 e. The number of hydrogen-bond acceptors (Lipinski definition) is 3. The third kappa shape index (κ3) is 5.84. The molecule has 0 aromatic heterocycles. The summed E-state index contributed by atoms with van der Waals surface area (Å²) in [5.74, 6) is 0.172. The first-order valence-corrected chi connectivity index (χ1v) is 9.25. The van der Waals surface area contributed by atoms with Crippen molar-refractivity contribution in [1.29, 1.82) is 0 Å². The Morgan fingerprint density at radius 1 is 1.04 bits per heavy atom. The van der Waals surface area contributed by atoms with Crippen LogP contribution in [0.1, 0.15) is 48.7 Å². The number of ether oxygens (including phenoxy) is 1. The van der Waals surface area contributed by atoms with Crippen molar-refractivity contribution in [2.24, 2.45) is 0 Å². The minimum atomic E-state index is -0.646. The Morgan fingerprint density at radius 3 is 2.26 bits per heavy atom. The van der Waals surface area contributed by atoms with E-state index in [1.54, 1.807) is 24.3 Å². The van der Waals surface area contributed by atoms with E-state index in [-0.39, 0.29) is 17.9 Å². The summed E-state index contributed by atoms with van der Waals surface area (Å²) < 4.78 is 5.91. The summed E-state index contributed by atoms with van der Waals surface area (Å²) in [7, 11) is 0. The summed E-state index contributed by atoms with van der Waals surface area (Å²) in [6.45, 7) is 9.66. The van der Waals surface area contributed by atoms with Crippen LogP contribution in [-0.4, -0.2) is 24.0 Å². The maximum Gasteiger partial charge on any atom is 0.265 e. The molecule has 0 fully saturated rings. The van der Waals surface area contributed by atoms with Crippen molar-refractivity contribution in [2.45, 2.75) is 53.2 Å². The summed E-state index contributed by atoms with van der Waals surface area (Å²) in [5.41, 5.74) is 3.07. The van der Waals surface area contributed by atoms with Crippen LogP contribution in [0.4, 0.5) is 5.69 Å². The predicted octanol–water partition coefficient (Wildman–Crippen LogP) is 4.24. The van der Waals surface area contributed by atoms with Crippen LogP contribution in [0.3, 0.4) is 0 Å². The number of benzene rings is 2. The molecule has 0 heterocycles. The van der Waals surface area contributed by atoms with Gasteiger partial charge in [0.25, 0.3) is 11.8 Å². The number of aryl methyl sites for hydroxylation is 2. The monoisotopic (exact) mass is 368 g/mol. The molecule has 2 rings (SSSR count). The molecule has 1 atom stereocenters. The van der Waals surface area contributed by atoms with E-state index in [1.807, 2.05) is 46.8 Å². The van der Waals surface area contributed by atoms with Gasteiger partial charge in [-0.25, -0.2) is 0 Å². The van der Waals surface area contributed by atoms with Gasteiger partial charge in [0.15, 0.2) is 6.10 Å². The largest absolute Gasteiger partial charge is 0.481 e. The van der Waals surface area contributed by atoms with Crippen molar-refractivity contribution in [3.8, 4) is 5.75 Å². The van der Waals surface area contributed by atoms with Gasteiger partial charge < -0.3 is 15.4 Å². The van der Waals surface area contributed by atoms with Gasteiger partial charge in [-0.15, -0.1) is 0 Å². The zero-order chi connectivity index (χ0) is 20.0. The number of anilines is 1. The number of amides is 2. The summed E-state index contributed by atoms with van der Waals surface area (Å²) >= 11 is 0. The summed E-state index contributed by atoms with van der Waals surface area (Å²) in [4.78, 5) is 25.1. The van der Waals surface area contributed by atoms with E-state index in [2.05, 4.69) is 16.7 Å². The molecule has 0 radical (unpaired) electrons. The zero-order valence-corrected chi connectivity index (χ0v) is 16.6. The van der Waals surface area contributed by atoms with Crippen LogP contribution in [0.2, 0.25) is 0 Å². The van der Waals surface area contributed by atoms with Crippen LogP contribution in [0, 0.1) is 13.8 Å². The van der Waals surface area contributed by atoms with Crippen molar-refractivity contribution >= 4 is 17.5 Å². The molecule has 0 unspecified atom stereocenters. The summed E-state index contributed by atoms with van der Waals surface area (Å²) in [5, 5.41) is 5.69. The summed E-state index contributed by atoms with van der Waals surface area (Å²) in [6, 6.07) is 12.9. The molecule has 2 aromatic carbocycles. The molecule has 0 aliphatic heterocycles. The minimum Gasteiger partial charge on any atom is -0.481 e. The van der Waals surface area contributed by atoms with E-state index in [4.69, 9.17) is 4.74 Å². The number of nitrogens with one attached hydrogen (secondary N) is 2. The van der Waals surface area contributed by atoms with E-state index >= 15 is 0 Å². The standard InChI is InChI=1S/C22H28N2O3/c1-6-20(27-17-12-15(4)11-16(5)13-17)22(26)24-19-10-8-7-9-18(19)21(25)23-14(2)3/h7-14,20H,6H2,1-5H3,(H,23,25)(H,24,26)/t20-/m0/s1. The first-order chi connectivity index (χ1) is 12.8. The molecule has 144 valence electrons. The molecule has 0 aliphatic carbocycles. The molecule has 2 aromatic rings. The molecule has 5 heteroatoms. The third-order valence-electron chi connectivity index (χ3n) is 3.99. The van der Waals surface area contributed by atoms with Gasteiger partial charge in [-0.1, -0.05) is 25.1 Å².